The molecule has 0 aliphatic rings. The molecule has 2 atom stereocenters. The molecule has 0 saturated heterocycles. The molecule has 0 unspecified atom stereocenters. The van der Waals surface area contributed by atoms with Crippen LogP contribution >= 0.6 is 0 Å². The summed E-state index contributed by atoms with van der Waals surface area (Å²) >= 11 is 0. The van der Waals surface area contributed by atoms with Gasteiger partial charge in [0.2, 0.25) is 0 Å². The van der Waals surface area contributed by atoms with Crippen molar-refractivity contribution in [1.29, 1.82) is 0 Å². The maximum absolute atomic E-state index is 11.0. The summed E-state index contributed by atoms with van der Waals surface area (Å²) in [6, 6.07) is 0. The van der Waals surface area contributed by atoms with Crippen LogP contribution in [0.4, 0.5) is 0 Å². The van der Waals surface area contributed by atoms with Crippen LogP contribution < -0.4 is 0 Å². The Bertz CT molecular complexity index is 144. The van der Waals surface area contributed by atoms with Gasteiger partial charge in [0.05, 0.1) is 13.2 Å². The Labute approximate surface area is 72.5 Å². The van der Waals surface area contributed by atoms with Gasteiger partial charge >= 0.3 is 5.97 Å². The molecule has 0 saturated carbocycles. The number of esters is 1. The third kappa shape index (κ3) is 2.79. The molecule has 0 fully saturated rings. The minimum absolute atomic E-state index is 0.0333. The predicted octanol–water partition coefficient (Wildman–Crippen LogP) is 0.191. The number of aliphatic hydroxyl groups is 1. The highest BCUT2D eigenvalue weighted by molar-refractivity contribution is 5.75. The summed E-state index contributed by atoms with van der Waals surface area (Å²) in [7, 11) is 2.63. The Morgan fingerprint density at radius 1 is 1.33 bits per heavy atom. The predicted molar refractivity (Wildman–Crippen MR) is 43.7 cm³/mol. The molecule has 0 amide bonds. The molecule has 0 heterocycles. The summed E-state index contributed by atoms with van der Waals surface area (Å²) in [4.78, 5) is 11.0. The topological polar surface area (TPSA) is 55.8 Å². The largest absolute Gasteiger partial charge is 0.467 e. The fourth-order valence-electron chi connectivity index (χ4n) is 0.841. The Morgan fingerprint density at radius 2 is 1.83 bits per heavy atom. The standard InChI is InChI=1S/C8H16O4/c1-5(2)6(9)7(11-3)8(10)12-4/h5-7,9H,1-4H3/t6-,7+/m1/s1. The van der Waals surface area contributed by atoms with Gasteiger partial charge in [-0.2, -0.15) is 0 Å². The molecule has 4 nitrogen and oxygen atoms in total. The summed E-state index contributed by atoms with van der Waals surface area (Å²) in [6.07, 6.45) is -1.70. The van der Waals surface area contributed by atoms with Gasteiger partial charge in [-0.15, -0.1) is 0 Å². The Morgan fingerprint density at radius 3 is 2.08 bits per heavy atom. The Hall–Kier alpha value is -0.610. The van der Waals surface area contributed by atoms with Crippen molar-refractivity contribution in [3.63, 3.8) is 0 Å². The van der Waals surface area contributed by atoms with Crippen molar-refractivity contribution >= 4 is 5.97 Å². The van der Waals surface area contributed by atoms with E-state index < -0.39 is 18.2 Å². The molecule has 1 N–H and O–H groups in total. The maximum atomic E-state index is 11.0. The van der Waals surface area contributed by atoms with E-state index in [1.54, 1.807) is 13.8 Å². The molecule has 0 aromatic carbocycles. The van der Waals surface area contributed by atoms with Gasteiger partial charge < -0.3 is 14.6 Å². The van der Waals surface area contributed by atoms with Gasteiger partial charge in [-0.3, -0.25) is 0 Å². The van der Waals surface area contributed by atoms with Crippen molar-refractivity contribution in [2.45, 2.75) is 26.1 Å². The van der Waals surface area contributed by atoms with E-state index in [4.69, 9.17) is 4.74 Å². The number of hydrogen-bond donors (Lipinski definition) is 1. The number of methoxy groups -OCH3 is 2. The van der Waals surface area contributed by atoms with Gasteiger partial charge in [0.25, 0.3) is 0 Å². The maximum Gasteiger partial charge on any atom is 0.337 e. The first-order valence-electron chi connectivity index (χ1n) is 3.83. The lowest BCUT2D eigenvalue weighted by atomic mass is 10.0. The van der Waals surface area contributed by atoms with Gasteiger partial charge in [0.1, 0.15) is 0 Å². The molecule has 0 aliphatic carbocycles. The van der Waals surface area contributed by atoms with E-state index in [0.717, 1.165) is 0 Å². The fraction of sp³-hybridized carbons (Fsp3) is 0.875. The molecule has 0 bridgehead atoms. The second-order valence-electron chi connectivity index (χ2n) is 2.91. The van der Waals surface area contributed by atoms with Crippen molar-refractivity contribution in [1.82, 2.24) is 0 Å². The molecule has 0 aromatic rings. The minimum atomic E-state index is -0.880. The van der Waals surface area contributed by atoms with Gasteiger partial charge in [-0.25, -0.2) is 4.79 Å². The number of carbonyl (C=O) groups is 1. The molecule has 0 aromatic heterocycles. The molecule has 72 valence electrons. The zero-order valence-electron chi connectivity index (χ0n) is 7.90. The van der Waals surface area contributed by atoms with Crippen LogP contribution in [-0.2, 0) is 14.3 Å². The molecular formula is C8H16O4. The van der Waals surface area contributed by atoms with E-state index in [1.807, 2.05) is 0 Å². The zero-order chi connectivity index (χ0) is 9.72. The van der Waals surface area contributed by atoms with E-state index in [-0.39, 0.29) is 5.92 Å². The minimum Gasteiger partial charge on any atom is -0.467 e. The molecule has 0 radical (unpaired) electrons. The monoisotopic (exact) mass is 176 g/mol. The van der Waals surface area contributed by atoms with E-state index in [0.29, 0.717) is 0 Å². The second kappa shape index (κ2) is 5.11. The van der Waals surface area contributed by atoms with Crippen LogP contribution in [0.1, 0.15) is 13.8 Å². The van der Waals surface area contributed by atoms with Crippen molar-refractivity contribution < 1.29 is 19.4 Å². The van der Waals surface area contributed by atoms with E-state index in [1.165, 1.54) is 14.2 Å². The smallest absolute Gasteiger partial charge is 0.337 e. The lowest BCUT2D eigenvalue weighted by molar-refractivity contribution is -0.161. The normalized spacial score (nSPS) is 15.8. The second-order valence-corrected chi connectivity index (χ2v) is 2.91. The summed E-state index contributed by atoms with van der Waals surface area (Å²) in [5.74, 6) is -0.576. The molecule has 0 spiro atoms. The van der Waals surface area contributed by atoms with E-state index in [9.17, 15) is 9.90 Å². The summed E-state index contributed by atoms with van der Waals surface area (Å²) in [5.41, 5.74) is 0. The third-order valence-electron chi connectivity index (χ3n) is 1.68. The first-order valence-corrected chi connectivity index (χ1v) is 3.83. The van der Waals surface area contributed by atoms with Crippen LogP contribution in [0.2, 0.25) is 0 Å². The summed E-state index contributed by atoms with van der Waals surface area (Å²) < 4.78 is 9.25. The van der Waals surface area contributed by atoms with Crippen LogP contribution in [0.3, 0.4) is 0 Å². The fourth-order valence-corrected chi connectivity index (χ4v) is 0.841. The number of carbonyl (C=O) groups excluding carboxylic acids is 1. The molecular weight excluding hydrogens is 160 g/mol. The summed E-state index contributed by atoms with van der Waals surface area (Å²) in [6.45, 7) is 3.61. The lowest BCUT2D eigenvalue weighted by Crippen LogP contribution is -2.39. The van der Waals surface area contributed by atoms with Crippen LogP contribution in [0.15, 0.2) is 0 Å². The zero-order valence-corrected chi connectivity index (χ0v) is 7.90. The van der Waals surface area contributed by atoms with Crippen LogP contribution in [-0.4, -0.2) is 37.5 Å². The molecule has 0 rings (SSSR count). The van der Waals surface area contributed by atoms with E-state index in [2.05, 4.69) is 4.74 Å². The molecule has 12 heavy (non-hydrogen) atoms. The highest BCUT2D eigenvalue weighted by Gasteiger charge is 2.29. The molecule has 4 heteroatoms. The van der Waals surface area contributed by atoms with Crippen molar-refractivity contribution in [2.75, 3.05) is 14.2 Å². The first-order chi connectivity index (χ1) is 5.54. The lowest BCUT2D eigenvalue weighted by Gasteiger charge is -2.21. The first kappa shape index (κ1) is 11.4. The van der Waals surface area contributed by atoms with Gasteiger partial charge in [-0.05, 0) is 5.92 Å². The third-order valence-corrected chi connectivity index (χ3v) is 1.68. The molecule has 0 aliphatic heterocycles. The van der Waals surface area contributed by atoms with Crippen LogP contribution in [0.5, 0.6) is 0 Å². The Kier molecular flexibility index (Phi) is 4.85. The SMILES string of the molecule is COC(=O)[C@@H](OC)[C@H](O)C(C)C. The van der Waals surface area contributed by atoms with Crippen LogP contribution in [0, 0.1) is 5.92 Å². The number of aliphatic hydroxyl groups excluding tert-OH is 1. The van der Waals surface area contributed by atoms with Crippen molar-refractivity contribution in [2.24, 2.45) is 5.92 Å². The van der Waals surface area contributed by atoms with E-state index >= 15 is 0 Å². The number of ether oxygens (including phenoxy) is 2. The van der Waals surface area contributed by atoms with Crippen molar-refractivity contribution in [3.05, 3.63) is 0 Å². The number of rotatable bonds is 4. The quantitative estimate of drug-likeness (QED) is 0.621. The van der Waals surface area contributed by atoms with Gasteiger partial charge in [-0.1, -0.05) is 13.8 Å². The average molecular weight is 176 g/mol. The summed E-state index contributed by atoms with van der Waals surface area (Å²) in [5, 5.41) is 9.46. The highest BCUT2D eigenvalue weighted by atomic mass is 16.6. The van der Waals surface area contributed by atoms with Gasteiger partial charge in [0, 0.05) is 7.11 Å². The highest BCUT2D eigenvalue weighted by Crippen LogP contribution is 2.10. The Balaban J connectivity index is 4.23. The number of hydrogen-bond acceptors (Lipinski definition) is 4. The van der Waals surface area contributed by atoms with Crippen LogP contribution in [0.25, 0.3) is 0 Å². The van der Waals surface area contributed by atoms with Gasteiger partial charge in [0.15, 0.2) is 6.10 Å². The van der Waals surface area contributed by atoms with Crippen molar-refractivity contribution in [3.8, 4) is 0 Å². The average Bonchev–Trinajstić information content (AvgIpc) is 2.05.